The van der Waals surface area contributed by atoms with Crippen molar-refractivity contribution >= 4 is 22.9 Å². The smallest absolute Gasteiger partial charge is 0.241 e. The first-order valence-electron chi connectivity index (χ1n) is 8.95. The monoisotopic (exact) mass is 398 g/mol. The van der Waals surface area contributed by atoms with Gasteiger partial charge in [-0.05, 0) is 48.8 Å². The number of thiophene rings is 1. The third-order valence-electron chi connectivity index (χ3n) is 4.38. The van der Waals surface area contributed by atoms with Crippen LogP contribution in [0.15, 0.2) is 66.0 Å². The number of hydrogen-bond donors (Lipinski definition) is 0. The molecule has 0 radical (unpaired) electrons. The van der Waals surface area contributed by atoms with Crippen molar-refractivity contribution in [1.29, 1.82) is 0 Å². The highest BCUT2D eigenvalue weighted by Crippen LogP contribution is 2.23. The summed E-state index contributed by atoms with van der Waals surface area (Å²) >= 11 is 1.61. The van der Waals surface area contributed by atoms with E-state index in [4.69, 9.17) is 4.74 Å². The molecule has 0 N–H and O–H groups in total. The van der Waals surface area contributed by atoms with Gasteiger partial charge in [0.15, 0.2) is 0 Å². The number of benzene rings is 2. The summed E-state index contributed by atoms with van der Waals surface area (Å²) < 4.78 is 19.1. The second-order valence-electron chi connectivity index (χ2n) is 6.52. The number of halogens is 1. The van der Waals surface area contributed by atoms with Crippen molar-refractivity contribution in [1.82, 2.24) is 4.90 Å². The number of carbonyl (C=O) groups is 1. The Hall–Kier alpha value is -2.70. The molecule has 28 heavy (non-hydrogen) atoms. The Morgan fingerprint density at radius 2 is 1.79 bits per heavy atom. The number of amides is 1. The average Bonchev–Trinajstić information content (AvgIpc) is 3.21. The van der Waals surface area contributed by atoms with Crippen molar-refractivity contribution in [2.45, 2.75) is 13.1 Å². The topological polar surface area (TPSA) is 32.8 Å². The first-order chi connectivity index (χ1) is 13.6. The largest absolute Gasteiger partial charge is 0.497 e. The lowest BCUT2D eigenvalue weighted by Crippen LogP contribution is -2.38. The molecule has 1 aromatic heterocycles. The highest BCUT2D eigenvalue weighted by molar-refractivity contribution is 7.09. The zero-order valence-electron chi connectivity index (χ0n) is 16.0. The van der Waals surface area contributed by atoms with E-state index in [0.29, 0.717) is 18.7 Å². The molecule has 0 aliphatic carbocycles. The number of rotatable bonds is 8. The van der Waals surface area contributed by atoms with E-state index in [1.54, 1.807) is 41.5 Å². The van der Waals surface area contributed by atoms with E-state index in [0.717, 1.165) is 16.3 Å². The van der Waals surface area contributed by atoms with Crippen molar-refractivity contribution in [3.63, 3.8) is 0 Å². The summed E-state index contributed by atoms with van der Waals surface area (Å²) in [5.74, 6) is 0.439. The third kappa shape index (κ3) is 5.18. The van der Waals surface area contributed by atoms with Crippen LogP contribution in [0.3, 0.4) is 0 Å². The summed E-state index contributed by atoms with van der Waals surface area (Å²) in [5.41, 5.74) is 1.38. The maximum Gasteiger partial charge on any atom is 0.241 e. The van der Waals surface area contributed by atoms with Gasteiger partial charge in [0.05, 0.1) is 20.2 Å². The lowest BCUT2D eigenvalue weighted by atomic mass is 10.2. The highest BCUT2D eigenvalue weighted by atomic mass is 32.1. The molecule has 1 heterocycles. The van der Waals surface area contributed by atoms with Crippen molar-refractivity contribution in [3.05, 3.63) is 82.3 Å². The van der Waals surface area contributed by atoms with Crippen LogP contribution in [0, 0.1) is 5.82 Å². The molecule has 0 fully saturated rings. The van der Waals surface area contributed by atoms with Gasteiger partial charge in [-0.15, -0.1) is 11.3 Å². The summed E-state index contributed by atoms with van der Waals surface area (Å²) in [4.78, 5) is 17.8. The van der Waals surface area contributed by atoms with Crippen LogP contribution in [0.1, 0.15) is 10.4 Å². The first kappa shape index (κ1) is 20.0. The fraction of sp³-hybridized carbons (Fsp3) is 0.227. The molecular formula is C22H23FN2O2S. The molecular weight excluding hydrogens is 375 g/mol. The van der Waals surface area contributed by atoms with Crippen LogP contribution >= 0.6 is 11.3 Å². The van der Waals surface area contributed by atoms with Gasteiger partial charge in [-0.25, -0.2) is 4.39 Å². The minimum atomic E-state index is -0.257. The van der Waals surface area contributed by atoms with Crippen molar-refractivity contribution in [3.8, 4) is 5.75 Å². The predicted octanol–water partition coefficient (Wildman–Crippen LogP) is 4.56. The average molecular weight is 399 g/mol. The molecule has 0 aliphatic rings. The molecule has 3 rings (SSSR count). The standard InChI is InChI=1S/C22H23FN2O2S/c1-24(14-17-6-3-4-8-21(17)23)16-22(26)25(15-20-7-5-13-28-20)18-9-11-19(27-2)12-10-18/h3-13H,14-16H2,1-2H3. The first-order valence-corrected chi connectivity index (χ1v) is 9.83. The highest BCUT2D eigenvalue weighted by Gasteiger charge is 2.19. The molecule has 0 spiro atoms. The minimum Gasteiger partial charge on any atom is -0.497 e. The van der Waals surface area contributed by atoms with Gasteiger partial charge in [-0.3, -0.25) is 9.69 Å². The maximum atomic E-state index is 13.9. The summed E-state index contributed by atoms with van der Waals surface area (Å²) in [6.45, 7) is 1.05. The van der Waals surface area contributed by atoms with Crippen LogP contribution in [0.2, 0.25) is 0 Å². The molecule has 0 aliphatic heterocycles. The number of ether oxygens (including phenoxy) is 1. The van der Waals surface area contributed by atoms with Crippen LogP contribution in [0.4, 0.5) is 10.1 Å². The van der Waals surface area contributed by atoms with E-state index in [1.807, 2.05) is 53.7 Å². The van der Waals surface area contributed by atoms with Gasteiger partial charge in [-0.1, -0.05) is 24.3 Å². The summed E-state index contributed by atoms with van der Waals surface area (Å²) in [6, 6.07) is 18.1. The molecule has 6 heteroatoms. The van der Waals surface area contributed by atoms with Gasteiger partial charge in [0.25, 0.3) is 0 Å². The van der Waals surface area contributed by atoms with Gasteiger partial charge < -0.3 is 9.64 Å². The molecule has 0 unspecified atom stereocenters. The fourth-order valence-electron chi connectivity index (χ4n) is 2.93. The molecule has 0 saturated heterocycles. The molecule has 4 nitrogen and oxygen atoms in total. The summed E-state index contributed by atoms with van der Waals surface area (Å²) in [5, 5.41) is 2.00. The number of anilines is 1. The number of methoxy groups -OCH3 is 1. The zero-order valence-corrected chi connectivity index (χ0v) is 16.8. The molecule has 1 amide bonds. The van der Waals surface area contributed by atoms with E-state index in [-0.39, 0.29) is 18.3 Å². The van der Waals surface area contributed by atoms with Crippen molar-refractivity contribution in [2.24, 2.45) is 0 Å². The SMILES string of the molecule is COc1ccc(N(Cc2cccs2)C(=O)CN(C)Cc2ccccc2F)cc1. The lowest BCUT2D eigenvalue weighted by Gasteiger charge is -2.25. The Morgan fingerprint density at radius 1 is 1.04 bits per heavy atom. The van der Waals surface area contributed by atoms with Crippen molar-refractivity contribution < 1.29 is 13.9 Å². The van der Waals surface area contributed by atoms with E-state index in [1.165, 1.54) is 6.07 Å². The lowest BCUT2D eigenvalue weighted by molar-refractivity contribution is -0.119. The quantitative estimate of drug-likeness (QED) is 0.558. The normalized spacial score (nSPS) is 10.9. The molecule has 0 saturated carbocycles. The van der Waals surface area contributed by atoms with E-state index >= 15 is 0 Å². The van der Waals surface area contributed by atoms with Crippen LogP contribution in [0.25, 0.3) is 0 Å². The molecule has 0 bridgehead atoms. The molecule has 0 atom stereocenters. The summed E-state index contributed by atoms with van der Waals surface area (Å²) in [6.07, 6.45) is 0. The van der Waals surface area contributed by atoms with Gasteiger partial charge in [0.1, 0.15) is 11.6 Å². The van der Waals surface area contributed by atoms with E-state index < -0.39 is 0 Å². The third-order valence-corrected chi connectivity index (χ3v) is 5.24. The Balaban J connectivity index is 1.74. The predicted molar refractivity (Wildman–Crippen MR) is 111 cm³/mol. The van der Waals surface area contributed by atoms with Crippen molar-refractivity contribution in [2.75, 3.05) is 25.6 Å². The van der Waals surface area contributed by atoms with Crippen LogP contribution in [0.5, 0.6) is 5.75 Å². The van der Waals surface area contributed by atoms with E-state index in [2.05, 4.69) is 0 Å². The number of likely N-dealkylation sites (N-methyl/N-ethyl adjacent to an activating group) is 1. The van der Waals surface area contributed by atoms with Gasteiger partial charge in [0, 0.05) is 22.7 Å². The van der Waals surface area contributed by atoms with Gasteiger partial charge in [-0.2, -0.15) is 0 Å². The minimum absolute atomic E-state index is 0.0441. The number of hydrogen-bond acceptors (Lipinski definition) is 4. The van der Waals surface area contributed by atoms with Crippen LogP contribution in [-0.4, -0.2) is 31.5 Å². The number of nitrogens with zero attached hydrogens (tertiary/aromatic N) is 2. The molecule has 3 aromatic rings. The molecule has 146 valence electrons. The zero-order chi connectivity index (χ0) is 19.9. The number of carbonyl (C=O) groups excluding carboxylic acids is 1. The Bertz CT molecular complexity index is 897. The van der Waals surface area contributed by atoms with Crippen LogP contribution < -0.4 is 9.64 Å². The Kier molecular flexibility index (Phi) is 6.79. The second kappa shape index (κ2) is 9.48. The fourth-order valence-corrected chi connectivity index (χ4v) is 3.63. The van der Waals surface area contributed by atoms with Crippen LogP contribution in [-0.2, 0) is 17.9 Å². The van der Waals surface area contributed by atoms with Gasteiger partial charge >= 0.3 is 0 Å². The second-order valence-corrected chi connectivity index (χ2v) is 7.55. The Labute approximate surface area is 168 Å². The maximum absolute atomic E-state index is 13.9. The Morgan fingerprint density at radius 3 is 2.43 bits per heavy atom. The molecule has 2 aromatic carbocycles. The summed E-state index contributed by atoms with van der Waals surface area (Å²) in [7, 11) is 3.43. The van der Waals surface area contributed by atoms with E-state index in [9.17, 15) is 9.18 Å². The van der Waals surface area contributed by atoms with Gasteiger partial charge in [0.2, 0.25) is 5.91 Å².